The highest BCUT2D eigenvalue weighted by Crippen LogP contribution is 2.61. The summed E-state index contributed by atoms with van der Waals surface area (Å²) in [7, 11) is -20.7. The molecule has 0 bridgehead atoms. The van der Waals surface area contributed by atoms with Crippen LogP contribution >= 0.6 is 35.2 Å². The van der Waals surface area contributed by atoms with E-state index >= 15 is 0 Å². The average Bonchev–Trinajstić information content (AvgIpc) is 3.93. The van der Waals surface area contributed by atoms with Crippen LogP contribution in [-0.4, -0.2) is 141 Å². The van der Waals surface area contributed by atoms with Crippen molar-refractivity contribution in [2.45, 2.75) is 74.8 Å². The first-order valence-electron chi connectivity index (χ1n) is 22.5. The molecule has 75 heavy (non-hydrogen) atoms. The maximum absolute atomic E-state index is 14.1. The minimum atomic E-state index is -5.63. The van der Waals surface area contributed by atoms with Crippen LogP contribution in [0.4, 0.5) is 5.82 Å². The van der Waals surface area contributed by atoms with Crippen LogP contribution in [0.5, 0.6) is 0 Å². The lowest BCUT2D eigenvalue weighted by molar-refractivity contribution is -0.137. The molecule has 2 aromatic heterocycles. The number of phosphoric acid groups is 3. The monoisotopic (exact) mass is 1140 g/mol. The van der Waals surface area contributed by atoms with Crippen LogP contribution in [0.2, 0.25) is 0 Å². The summed E-state index contributed by atoms with van der Waals surface area (Å²) in [5.74, 6) is -1.55. The molecule has 8 unspecified atom stereocenters. The highest BCUT2D eigenvalue weighted by atomic mass is 32.2. The van der Waals surface area contributed by atoms with E-state index in [1.54, 1.807) is 18.2 Å². The number of hydrogen-bond acceptors (Lipinski definition) is 20. The van der Waals surface area contributed by atoms with Gasteiger partial charge >= 0.3 is 23.5 Å². The predicted octanol–water partition coefficient (Wildman–Crippen LogP) is 2.15. The Labute approximate surface area is 432 Å². The molecule has 7 rings (SSSR count). The first kappa shape index (κ1) is 57.8. The summed E-state index contributed by atoms with van der Waals surface area (Å²) in [6, 6.07) is 22.1. The van der Waals surface area contributed by atoms with Crippen LogP contribution in [0.1, 0.15) is 37.6 Å². The van der Waals surface area contributed by atoms with Crippen molar-refractivity contribution >= 4 is 79.2 Å². The zero-order chi connectivity index (χ0) is 54.5. The fourth-order valence-corrected chi connectivity index (χ4v) is 13.2. The number of phosphoric ester groups is 3. The molecular formula is C43H53N8O19P3S2. The molecule has 32 heteroatoms. The van der Waals surface area contributed by atoms with Gasteiger partial charge in [0.25, 0.3) is 0 Å². The summed E-state index contributed by atoms with van der Waals surface area (Å²) in [5, 5.41) is 26.3. The predicted molar refractivity (Wildman–Crippen MR) is 266 cm³/mol. The quantitative estimate of drug-likeness (QED) is 0.0334. The molecule has 3 aromatic carbocycles. The maximum atomic E-state index is 14.1. The molecule has 2 aliphatic rings. The standard InChI is InChI=1S/C43H53N8O19P3S2/c1-43(2,23-67-73(62,63)70-72(60,61)66-22-32-36(69-71(57,58)59)35(53)41(68-32)50-25-49-34-38(44)47-24-48-39(34)50)37(54)40(55)46-17-16-33(52)45-18-19-74-42(56)31-20-28-10-6-7-11-29(28)21-51(31)75(64,65)30-14-12-27(13-15-30)26-8-4-3-5-9-26/h3-15,24-25,31-32,35-37,41,53-54H,16-23H2,1-2H3,(H,45,52)(H,46,55)(H,60,61)(H,62,63)(H2,44,47,48)(H2,57,58,59). The summed E-state index contributed by atoms with van der Waals surface area (Å²) in [6.45, 7) is 0.0571. The summed E-state index contributed by atoms with van der Waals surface area (Å²) in [5.41, 5.74) is 7.54. The van der Waals surface area contributed by atoms with Gasteiger partial charge < -0.3 is 50.9 Å². The second kappa shape index (κ2) is 23.8. The molecule has 0 spiro atoms. The van der Waals surface area contributed by atoms with Crippen molar-refractivity contribution < 1.29 is 88.9 Å². The smallest absolute Gasteiger partial charge is 0.386 e. The van der Waals surface area contributed by atoms with Gasteiger partial charge in [-0.3, -0.25) is 32.5 Å². The Balaban J connectivity index is 0.841. The maximum Gasteiger partial charge on any atom is 0.481 e. The molecule has 8 atom stereocenters. The van der Waals surface area contributed by atoms with Crippen LogP contribution in [0.3, 0.4) is 0 Å². The summed E-state index contributed by atoms with van der Waals surface area (Å²) in [6.07, 6.45) is -7.08. The van der Waals surface area contributed by atoms with Crippen molar-refractivity contribution in [1.29, 1.82) is 0 Å². The van der Waals surface area contributed by atoms with Gasteiger partial charge in [-0.15, -0.1) is 0 Å². The third kappa shape index (κ3) is 14.6. The number of nitrogens with two attached hydrogens (primary N) is 1. The second-order valence-electron chi connectivity index (χ2n) is 17.7. The fraction of sp³-hybridized carbons (Fsp3) is 0.395. The molecule has 4 heterocycles. The van der Waals surface area contributed by atoms with Gasteiger partial charge in [-0.05, 0) is 40.8 Å². The number of sulfonamides is 1. The minimum Gasteiger partial charge on any atom is -0.386 e. The Kier molecular flexibility index (Phi) is 18.3. The molecule has 0 aliphatic carbocycles. The van der Waals surface area contributed by atoms with E-state index in [9.17, 15) is 66.3 Å². The van der Waals surface area contributed by atoms with E-state index in [2.05, 4.69) is 34.4 Å². The number of imidazole rings is 1. The summed E-state index contributed by atoms with van der Waals surface area (Å²) < 4.78 is 92.1. The topological polar surface area (TPSA) is 401 Å². The average molecular weight is 1140 g/mol. The second-order valence-corrected chi connectivity index (χ2v) is 24.9. The lowest BCUT2D eigenvalue weighted by Crippen LogP contribution is -2.48. The van der Waals surface area contributed by atoms with Crippen molar-refractivity contribution in [1.82, 2.24) is 34.5 Å². The van der Waals surface area contributed by atoms with Crippen LogP contribution in [0.25, 0.3) is 22.3 Å². The number of aliphatic hydroxyl groups is 2. The highest BCUT2D eigenvalue weighted by molar-refractivity contribution is 8.13. The number of aliphatic hydroxyl groups excluding tert-OH is 2. The number of hydrogen-bond donors (Lipinski definition) is 9. The highest BCUT2D eigenvalue weighted by Gasteiger charge is 2.50. The Morgan fingerprint density at radius 2 is 1.55 bits per heavy atom. The summed E-state index contributed by atoms with van der Waals surface area (Å²) in [4.78, 5) is 90.6. The van der Waals surface area contributed by atoms with Gasteiger partial charge in [0, 0.05) is 37.2 Å². The zero-order valence-electron chi connectivity index (χ0n) is 39.7. The third-order valence-electron chi connectivity index (χ3n) is 11.8. The first-order valence-corrected chi connectivity index (χ1v) is 29.5. The Bertz CT molecular complexity index is 3140. The fourth-order valence-electron chi connectivity index (χ4n) is 7.92. The molecule has 1 fully saturated rings. The van der Waals surface area contributed by atoms with Crippen molar-refractivity contribution in [3.63, 3.8) is 0 Å². The van der Waals surface area contributed by atoms with Gasteiger partial charge in [0.2, 0.25) is 27.0 Å². The minimum absolute atomic E-state index is 0.00211. The van der Waals surface area contributed by atoms with Crippen molar-refractivity contribution in [2.24, 2.45) is 5.41 Å². The molecule has 0 radical (unpaired) electrons. The van der Waals surface area contributed by atoms with Crippen LogP contribution in [-0.2, 0) is 73.7 Å². The largest absolute Gasteiger partial charge is 0.481 e. The first-order chi connectivity index (χ1) is 35.2. The number of nitrogens with zero attached hydrogens (tertiary/aromatic N) is 5. The number of aromatic nitrogens is 4. The van der Waals surface area contributed by atoms with E-state index in [0.29, 0.717) is 0 Å². The summed E-state index contributed by atoms with van der Waals surface area (Å²) >= 11 is 0.860. The van der Waals surface area contributed by atoms with Crippen LogP contribution in [0, 0.1) is 5.41 Å². The van der Waals surface area contributed by atoms with Crippen LogP contribution < -0.4 is 16.4 Å². The number of fused-ring (bicyclic) bond motifs is 2. The molecule has 1 saturated heterocycles. The van der Waals surface area contributed by atoms with Crippen molar-refractivity contribution in [3.05, 3.63) is 103 Å². The molecule has 406 valence electrons. The van der Waals surface area contributed by atoms with Gasteiger partial charge in [-0.2, -0.15) is 8.62 Å². The number of ether oxygens (including phenoxy) is 1. The molecule has 0 saturated carbocycles. The van der Waals surface area contributed by atoms with E-state index in [0.717, 1.165) is 51.2 Å². The molecule has 5 aromatic rings. The van der Waals surface area contributed by atoms with Crippen molar-refractivity contribution in [2.75, 3.05) is 37.8 Å². The molecule has 10 N–H and O–H groups in total. The third-order valence-corrected chi connectivity index (χ3v) is 17.7. The van der Waals surface area contributed by atoms with Gasteiger partial charge in [0.05, 0.1) is 30.5 Å². The Morgan fingerprint density at radius 3 is 2.24 bits per heavy atom. The SMILES string of the molecule is CC(C)(COP(=O)(O)OP(=O)(O)OCC1OC(n2cnc3c(N)ncnc32)C(O)C1OP(=O)(O)O)C(O)C(=O)NCCC(=O)NCCSC(=O)C1Cc2ccccc2CN1S(=O)(=O)c1ccc(-c2ccccc2)cc1. The number of carbonyl (C=O) groups excluding carboxylic acids is 3. The molecule has 2 aliphatic heterocycles. The number of nitrogens with one attached hydrogen (secondary N) is 2. The normalized spacial score (nSPS) is 21.4. The van der Waals surface area contributed by atoms with Gasteiger partial charge in [0.15, 0.2) is 17.7 Å². The van der Waals surface area contributed by atoms with Gasteiger partial charge in [-0.1, -0.05) is 92.3 Å². The number of thioether (sulfide) groups is 1. The van der Waals surface area contributed by atoms with Crippen LogP contribution in [0.15, 0.2) is 96.4 Å². The van der Waals surface area contributed by atoms with Crippen molar-refractivity contribution in [3.8, 4) is 11.1 Å². The number of benzene rings is 3. The van der Waals surface area contributed by atoms with E-state index in [-0.39, 0.29) is 60.1 Å². The lowest BCUT2D eigenvalue weighted by atomic mass is 9.87. The lowest BCUT2D eigenvalue weighted by Gasteiger charge is -2.34. The number of carbonyl (C=O) groups is 3. The molecule has 27 nitrogen and oxygen atoms in total. The van der Waals surface area contributed by atoms with E-state index < -0.39 is 106 Å². The zero-order valence-corrected chi connectivity index (χ0v) is 44.1. The number of rotatable bonds is 23. The number of nitrogen functional groups attached to an aromatic ring is 1. The Morgan fingerprint density at radius 1 is 0.893 bits per heavy atom. The number of anilines is 1. The number of amides is 2. The van der Waals surface area contributed by atoms with E-state index in [1.807, 2.05) is 48.5 Å². The Hall–Kier alpha value is -4.87. The molecule has 2 amide bonds. The van der Waals surface area contributed by atoms with Gasteiger partial charge in [0.1, 0.15) is 36.3 Å². The van der Waals surface area contributed by atoms with E-state index in [1.165, 1.54) is 30.3 Å². The molecular weight excluding hydrogens is 1090 g/mol. The van der Waals surface area contributed by atoms with Gasteiger partial charge in [-0.25, -0.2) is 37.1 Å². The van der Waals surface area contributed by atoms with E-state index in [4.69, 9.17) is 19.5 Å².